The Morgan fingerprint density at radius 3 is 2.68 bits per heavy atom. The van der Waals surface area contributed by atoms with E-state index in [0.717, 1.165) is 32.5 Å². The van der Waals surface area contributed by atoms with E-state index in [9.17, 15) is 0 Å². The Morgan fingerprint density at radius 1 is 1.16 bits per heavy atom. The number of fused-ring (bicyclic) bond motifs is 1. The first-order chi connectivity index (χ1) is 9.22. The van der Waals surface area contributed by atoms with Crippen molar-refractivity contribution in [3.05, 3.63) is 58.1 Å². The molecule has 1 heterocycles. The molecule has 1 N–H and O–H groups in total. The highest BCUT2D eigenvalue weighted by atomic mass is 35.5. The van der Waals surface area contributed by atoms with Gasteiger partial charge in [-0.2, -0.15) is 0 Å². The van der Waals surface area contributed by atoms with Crippen LogP contribution in [0.4, 0.5) is 5.69 Å². The molecule has 4 heteroatoms. The number of hydrogen-bond donors (Lipinski definition) is 1. The first-order valence-corrected chi connectivity index (χ1v) is 7.26. The van der Waals surface area contributed by atoms with Crippen molar-refractivity contribution >= 4 is 38.8 Å². The van der Waals surface area contributed by atoms with Crippen molar-refractivity contribution < 1.29 is 0 Å². The highest BCUT2D eigenvalue weighted by molar-refractivity contribution is 7.19. The van der Waals surface area contributed by atoms with Crippen LogP contribution < -0.4 is 5.32 Å². The van der Waals surface area contributed by atoms with E-state index >= 15 is 0 Å². The van der Waals surface area contributed by atoms with Crippen molar-refractivity contribution in [2.75, 3.05) is 5.32 Å². The molecular weight excluding hydrogens is 276 g/mol. The van der Waals surface area contributed by atoms with Crippen LogP contribution in [0.3, 0.4) is 0 Å². The Hall–Kier alpha value is -1.58. The summed E-state index contributed by atoms with van der Waals surface area (Å²) in [6.07, 6.45) is 0. The van der Waals surface area contributed by atoms with Gasteiger partial charge in [-0.05, 0) is 31.2 Å². The quantitative estimate of drug-likeness (QED) is 0.744. The molecule has 3 aromatic rings. The fourth-order valence-electron chi connectivity index (χ4n) is 1.89. The molecule has 96 valence electrons. The van der Waals surface area contributed by atoms with Crippen LogP contribution in [-0.4, -0.2) is 4.98 Å². The van der Waals surface area contributed by atoms with Gasteiger partial charge in [-0.1, -0.05) is 35.4 Å². The maximum absolute atomic E-state index is 6.15. The zero-order valence-electron chi connectivity index (χ0n) is 10.5. The summed E-state index contributed by atoms with van der Waals surface area (Å²) < 4.78 is 1.06. The Labute approximate surface area is 121 Å². The van der Waals surface area contributed by atoms with Gasteiger partial charge in [0.1, 0.15) is 5.01 Å². The Balaban J connectivity index is 1.78. The maximum Gasteiger partial charge on any atom is 0.113 e. The van der Waals surface area contributed by atoms with Crippen molar-refractivity contribution in [3.8, 4) is 0 Å². The van der Waals surface area contributed by atoms with Crippen molar-refractivity contribution in [2.24, 2.45) is 0 Å². The van der Waals surface area contributed by atoms with Gasteiger partial charge < -0.3 is 5.32 Å². The highest BCUT2D eigenvalue weighted by Gasteiger charge is 2.06. The highest BCUT2D eigenvalue weighted by Crippen LogP contribution is 2.29. The molecule has 0 bridgehead atoms. The van der Waals surface area contributed by atoms with Gasteiger partial charge in [0.2, 0.25) is 0 Å². The lowest BCUT2D eigenvalue weighted by molar-refractivity contribution is 1.12. The molecule has 2 aromatic carbocycles. The molecule has 0 radical (unpaired) electrons. The topological polar surface area (TPSA) is 24.9 Å². The Kier molecular flexibility index (Phi) is 3.40. The number of nitrogens with zero attached hydrogens (tertiary/aromatic N) is 1. The molecule has 0 atom stereocenters. The number of halogens is 1. The summed E-state index contributed by atoms with van der Waals surface area (Å²) in [4.78, 5) is 4.58. The van der Waals surface area contributed by atoms with Crippen molar-refractivity contribution in [1.82, 2.24) is 4.98 Å². The van der Waals surface area contributed by atoms with Gasteiger partial charge in [-0.25, -0.2) is 4.98 Å². The molecule has 0 spiro atoms. The molecule has 1 aromatic heterocycles. The molecule has 0 amide bonds. The number of thiazole rings is 1. The van der Waals surface area contributed by atoms with E-state index in [1.807, 2.05) is 18.2 Å². The van der Waals surface area contributed by atoms with Crippen molar-refractivity contribution in [3.63, 3.8) is 0 Å². The maximum atomic E-state index is 6.15. The molecule has 0 unspecified atom stereocenters. The van der Waals surface area contributed by atoms with Gasteiger partial charge in [-0.3, -0.25) is 0 Å². The lowest BCUT2D eigenvalue weighted by Gasteiger charge is -2.03. The Morgan fingerprint density at radius 2 is 1.95 bits per heavy atom. The summed E-state index contributed by atoms with van der Waals surface area (Å²) >= 11 is 7.80. The molecule has 0 saturated heterocycles. The van der Waals surface area contributed by atoms with Crippen LogP contribution >= 0.6 is 22.9 Å². The molecule has 0 saturated carbocycles. The van der Waals surface area contributed by atoms with Gasteiger partial charge in [0.05, 0.1) is 21.8 Å². The fourth-order valence-corrected chi connectivity index (χ4v) is 3.08. The van der Waals surface area contributed by atoms with Crippen molar-refractivity contribution in [2.45, 2.75) is 13.5 Å². The molecular formula is C15H13ClN2S. The summed E-state index contributed by atoms with van der Waals surface area (Å²) in [6, 6.07) is 14.2. The van der Waals surface area contributed by atoms with E-state index < -0.39 is 0 Å². The van der Waals surface area contributed by atoms with Crippen LogP contribution in [0.15, 0.2) is 42.5 Å². The van der Waals surface area contributed by atoms with Crippen LogP contribution in [0.5, 0.6) is 0 Å². The lowest BCUT2D eigenvalue weighted by atomic mass is 10.2. The largest absolute Gasteiger partial charge is 0.379 e. The van der Waals surface area contributed by atoms with Crippen LogP contribution in [-0.2, 0) is 6.54 Å². The van der Waals surface area contributed by atoms with E-state index in [4.69, 9.17) is 11.6 Å². The third-order valence-electron chi connectivity index (χ3n) is 2.91. The fraction of sp³-hybridized carbons (Fsp3) is 0.133. The average Bonchev–Trinajstić information content (AvgIpc) is 2.83. The lowest BCUT2D eigenvalue weighted by Crippen LogP contribution is -1.98. The summed E-state index contributed by atoms with van der Waals surface area (Å²) in [7, 11) is 0. The van der Waals surface area contributed by atoms with E-state index in [-0.39, 0.29) is 0 Å². The number of aromatic nitrogens is 1. The van der Waals surface area contributed by atoms with Crippen LogP contribution in [0.1, 0.15) is 10.6 Å². The van der Waals surface area contributed by atoms with E-state index in [1.54, 1.807) is 11.3 Å². The molecule has 0 aliphatic carbocycles. The molecule has 0 fully saturated rings. The Bertz CT molecular complexity index is 704. The zero-order valence-corrected chi connectivity index (χ0v) is 12.1. The van der Waals surface area contributed by atoms with Gasteiger partial charge >= 0.3 is 0 Å². The van der Waals surface area contributed by atoms with Crippen LogP contribution in [0.25, 0.3) is 10.2 Å². The second kappa shape index (κ2) is 5.19. The van der Waals surface area contributed by atoms with E-state index in [2.05, 4.69) is 41.5 Å². The average molecular weight is 289 g/mol. The minimum absolute atomic E-state index is 0.721. The summed E-state index contributed by atoms with van der Waals surface area (Å²) in [5, 5.41) is 5.19. The standard InChI is InChI=1S/C15H13ClN2S/c1-10-5-7-11(8-6-10)17-9-14-18-13-4-2-3-12(16)15(13)19-14/h2-8,17H,9H2,1H3. The number of benzene rings is 2. The SMILES string of the molecule is Cc1ccc(NCc2nc3cccc(Cl)c3s2)cc1. The number of nitrogens with one attached hydrogen (secondary N) is 1. The molecule has 3 rings (SSSR count). The second-order valence-corrected chi connectivity index (χ2v) is 5.91. The van der Waals surface area contributed by atoms with E-state index in [1.165, 1.54) is 5.56 Å². The zero-order chi connectivity index (χ0) is 13.2. The normalized spacial score (nSPS) is 10.8. The molecule has 0 aliphatic heterocycles. The smallest absolute Gasteiger partial charge is 0.113 e. The third kappa shape index (κ3) is 2.72. The van der Waals surface area contributed by atoms with Crippen LogP contribution in [0, 0.1) is 6.92 Å². The monoisotopic (exact) mass is 288 g/mol. The molecule has 19 heavy (non-hydrogen) atoms. The second-order valence-electron chi connectivity index (χ2n) is 4.42. The predicted molar refractivity (Wildman–Crippen MR) is 83.1 cm³/mol. The summed E-state index contributed by atoms with van der Waals surface area (Å²) in [5.41, 5.74) is 3.34. The van der Waals surface area contributed by atoms with E-state index in [0.29, 0.717) is 0 Å². The summed E-state index contributed by atoms with van der Waals surface area (Å²) in [5.74, 6) is 0. The minimum atomic E-state index is 0.721. The number of rotatable bonds is 3. The number of aryl methyl sites for hydroxylation is 1. The predicted octanol–water partition coefficient (Wildman–Crippen LogP) is 4.87. The van der Waals surface area contributed by atoms with Gasteiger partial charge in [-0.15, -0.1) is 11.3 Å². The first kappa shape index (κ1) is 12.5. The first-order valence-electron chi connectivity index (χ1n) is 6.07. The van der Waals surface area contributed by atoms with Gasteiger partial charge in [0.25, 0.3) is 0 Å². The molecule has 2 nitrogen and oxygen atoms in total. The number of anilines is 1. The molecule has 0 aliphatic rings. The third-order valence-corrected chi connectivity index (χ3v) is 4.44. The van der Waals surface area contributed by atoms with Crippen molar-refractivity contribution in [1.29, 1.82) is 0 Å². The number of hydrogen-bond acceptors (Lipinski definition) is 3. The van der Waals surface area contributed by atoms with Gasteiger partial charge in [0.15, 0.2) is 0 Å². The summed E-state index contributed by atoms with van der Waals surface area (Å²) in [6.45, 7) is 2.80. The van der Waals surface area contributed by atoms with Crippen LogP contribution in [0.2, 0.25) is 5.02 Å². The van der Waals surface area contributed by atoms with Gasteiger partial charge in [0, 0.05) is 5.69 Å². The minimum Gasteiger partial charge on any atom is -0.379 e.